The largest absolute Gasteiger partial charge is 0.348 e. The number of benzene rings is 1. The first-order chi connectivity index (χ1) is 11.6. The van der Waals surface area contributed by atoms with Crippen molar-refractivity contribution in [1.29, 1.82) is 0 Å². The molecule has 2 heterocycles. The summed E-state index contributed by atoms with van der Waals surface area (Å²) in [5, 5.41) is 9.46. The van der Waals surface area contributed by atoms with Gasteiger partial charge in [-0.3, -0.25) is 4.79 Å². The maximum absolute atomic E-state index is 12.0. The highest BCUT2D eigenvalue weighted by Gasteiger charge is 2.12. The maximum Gasteiger partial charge on any atom is 0.229 e. The van der Waals surface area contributed by atoms with E-state index in [4.69, 9.17) is 4.52 Å². The monoisotopic (exact) mass is 342 g/mol. The van der Waals surface area contributed by atoms with Crippen LogP contribution in [0.3, 0.4) is 0 Å². The third kappa shape index (κ3) is 4.05. The fraction of sp³-hybridized carbons (Fsp3) is 0.294. The molecule has 0 saturated carbocycles. The van der Waals surface area contributed by atoms with Gasteiger partial charge in [-0.1, -0.05) is 49.3 Å². The molecule has 24 heavy (non-hydrogen) atoms. The van der Waals surface area contributed by atoms with Crippen LogP contribution in [0.4, 0.5) is 0 Å². The lowest BCUT2D eigenvalue weighted by Gasteiger charge is -2.00. The number of thiazole rings is 1. The predicted octanol–water partition coefficient (Wildman–Crippen LogP) is 3.18. The van der Waals surface area contributed by atoms with Gasteiger partial charge in [0.1, 0.15) is 5.01 Å². The van der Waals surface area contributed by atoms with Gasteiger partial charge in [0.05, 0.1) is 18.7 Å². The molecule has 0 aliphatic rings. The molecule has 124 valence electrons. The molecule has 6 nitrogen and oxygen atoms in total. The SMILES string of the molecule is CC(C)c1nc(CNC(=O)Cc2csc(-c3ccccc3)n2)no1. The average molecular weight is 342 g/mol. The van der Waals surface area contributed by atoms with Crippen molar-refractivity contribution in [3.8, 4) is 10.6 Å². The van der Waals surface area contributed by atoms with E-state index in [0.29, 0.717) is 11.7 Å². The number of carbonyl (C=O) groups is 1. The third-order valence-corrected chi connectivity index (χ3v) is 4.28. The van der Waals surface area contributed by atoms with E-state index in [1.165, 1.54) is 11.3 Å². The number of nitrogens with zero attached hydrogens (tertiary/aromatic N) is 3. The molecule has 0 aliphatic carbocycles. The number of hydrogen-bond acceptors (Lipinski definition) is 6. The Morgan fingerprint density at radius 2 is 2.04 bits per heavy atom. The molecule has 0 fully saturated rings. The summed E-state index contributed by atoms with van der Waals surface area (Å²) in [5.41, 5.74) is 1.81. The highest BCUT2D eigenvalue weighted by atomic mass is 32.1. The van der Waals surface area contributed by atoms with Gasteiger partial charge in [0, 0.05) is 16.9 Å². The van der Waals surface area contributed by atoms with Crippen LogP contribution in [-0.2, 0) is 17.8 Å². The Hall–Kier alpha value is -2.54. The van der Waals surface area contributed by atoms with Crippen molar-refractivity contribution in [2.45, 2.75) is 32.7 Å². The van der Waals surface area contributed by atoms with Gasteiger partial charge in [-0.05, 0) is 0 Å². The number of hydrogen-bond donors (Lipinski definition) is 1. The zero-order valence-corrected chi connectivity index (χ0v) is 14.3. The summed E-state index contributed by atoms with van der Waals surface area (Å²) in [5.74, 6) is 1.12. The van der Waals surface area contributed by atoms with E-state index in [2.05, 4.69) is 20.4 Å². The van der Waals surface area contributed by atoms with Crippen LogP contribution in [0.25, 0.3) is 10.6 Å². The zero-order chi connectivity index (χ0) is 16.9. The summed E-state index contributed by atoms with van der Waals surface area (Å²) < 4.78 is 5.11. The average Bonchev–Trinajstić information content (AvgIpc) is 3.23. The topological polar surface area (TPSA) is 80.9 Å². The molecule has 3 aromatic rings. The van der Waals surface area contributed by atoms with Crippen LogP contribution < -0.4 is 5.32 Å². The Bertz CT molecular complexity index is 811. The Kier molecular flexibility index (Phi) is 5.00. The van der Waals surface area contributed by atoms with Crippen LogP contribution in [0, 0.1) is 0 Å². The van der Waals surface area contributed by atoms with E-state index in [1.54, 1.807) is 0 Å². The van der Waals surface area contributed by atoms with Gasteiger partial charge in [-0.2, -0.15) is 4.98 Å². The highest BCUT2D eigenvalue weighted by molar-refractivity contribution is 7.13. The molecule has 0 spiro atoms. The van der Waals surface area contributed by atoms with Crippen LogP contribution in [0.5, 0.6) is 0 Å². The summed E-state index contributed by atoms with van der Waals surface area (Å²) in [6, 6.07) is 9.92. The van der Waals surface area contributed by atoms with Crippen LogP contribution in [-0.4, -0.2) is 21.0 Å². The molecule has 3 rings (SSSR count). The summed E-state index contributed by atoms with van der Waals surface area (Å²) >= 11 is 1.53. The maximum atomic E-state index is 12.0. The lowest BCUT2D eigenvalue weighted by atomic mass is 10.2. The Labute approximate surface area is 143 Å². The van der Waals surface area contributed by atoms with Crippen LogP contribution in [0.15, 0.2) is 40.2 Å². The van der Waals surface area contributed by atoms with Gasteiger partial charge in [0.2, 0.25) is 11.8 Å². The molecule has 7 heteroatoms. The molecule has 0 saturated heterocycles. The molecular formula is C17H18N4O2S. The highest BCUT2D eigenvalue weighted by Crippen LogP contribution is 2.23. The Morgan fingerprint density at radius 3 is 2.75 bits per heavy atom. The van der Waals surface area contributed by atoms with E-state index in [1.807, 2.05) is 49.6 Å². The fourth-order valence-electron chi connectivity index (χ4n) is 2.08. The van der Waals surface area contributed by atoms with Gasteiger partial charge < -0.3 is 9.84 Å². The van der Waals surface area contributed by atoms with E-state index < -0.39 is 0 Å². The van der Waals surface area contributed by atoms with E-state index in [-0.39, 0.29) is 24.8 Å². The van der Waals surface area contributed by atoms with Crippen molar-refractivity contribution < 1.29 is 9.32 Å². The van der Waals surface area contributed by atoms with E-state index >= 15 is 0 Å². The summed E-state index contributed by atoms with van der Waals surface area (Å²) in [6.07, 6.45) is 0.234. The van der Waals surface area contributed by atoms with Crippen molar-refractivity contribution in [1.82, 2.24) is 20.4 Å². The number of amides is 1. The molecule has 0 aliphatic heterocycles. The molecule has 0 bridgehead atoms. The first-order valence-corrected chi connectivity index (χ1v) is 8.59. The third-order valence-electron chi connectivity index (χ3n) is 3.34. The molecule has 0 atom stereocenters. The van der Waals surface area contributed by atoms with Crippen LogP contribution >= 0.6 is 11.3 Å². The predicted molar refractivity (Wildman–Crippen MR) is 91.5 cm³/mol. The lowest BCUT2D eigenvalue weighted by Crippen LogP contribution is -2.25. The number of nitrogens with one attached hydrogen (secondary N) is 1. The fourth-order valence-corrected chi connectivity index (χ4v) is 2.91. The molecule has 0 unspecified atom stereocenters. The first kappa shape index (κ1) is 16.3. The van der Waals surface area contributed by atoms with Crippen molar-refractivity contribution in [3.05, 3.63) is 53.1 Å². The molecule has 0 radical (unpaired) electrons. The minimum Gasteiger partial charge on any atom is -0.348 e. The minimum atomic E-state index is -0.115. The van der Waals surface area contributed by atoms with E-state index in [9.17, 15) is 4.79 Å². The molecule has 2 aromatic heterocycles. The van der Waals surface area contributed by atoms with Crippen molar-refractivity contribution in [2.24, 2.45) is 0 Å². The number of aromatic nitrogens is 3. The summed E-state index contributed by atoms with van der Waals surface area (Å²) in [6.45, 7) is 4.20. The standard InChI is InChI=1S/C17H18N4O2S/c1-11(2)16-20-14(21-23-16)9-18-15(22)8-13-10-24-17(19-13)12-6-4-3-5-7-12/h3-7,10-11H,8-9H2,1-2H3,(H,18,22). The van der Waals surface area contributed by atoms with Crippen LogP contribution in [0.2, 0.25) is 0 Å². The first-order valence-electron chi connectivity index (χ1n) is 7.71. The minimum absolute atomic E-state index is 0.115. The van der Waals surface area contributed by atoms with Crippen molar-refractivity contribution in [2.75, 3.05) is 0 Å². The van der Waals surface area contributed by atoms with Gasteiger partial charge in [0.15, 0.2) is 5.82 Å². The molecule has 1 amide bonds. The molecular weight excluding hydrogens is 324 g/mol. The molecule has 1 N–H and O–H groups in total. The number of carbonyl (C=O) groups excluding carboxylic acids is 1. The lowest BCUT2D eigenvalue weighted by molar-refractivity contribution is -0.120. The van der Waals surface area contributed by atoms with Gasteiger partial charge in [-0.25, -0.2) is 4.98 Å². The quantitative estimate of drug-likeness (QED) is 0.744. The molecule has 1 aromatic carbocycles. The summed E-state index contributed by atoms with van der Waals surface area (Å²) in [7, 11) is 0. The normalized spacial score (nSPS) is 11.0. The zero-order valence-electron chi connectivity index (χ0n) is 13.5. The smallest absolute Gasteiger partial charge is 0.229 e. The Balaban J connectivity index is 1.54. The van der Waals surface area contributed by atoms with Crippen LogP contribution in [0.1, 0.15) is 37.2 Å². The number of rotatable bonds is 6. The second-order valence-corrected chi connectivity index (χ2v) is 6.53. The second-order valence-electron chi connectivity index (χ2n) is 5.67. The van der Waals surface area contributed by atoms with Crippen molar-refractivity contribution in [3.63, 3.8) is 0 Å². The Morgan fingerprint density at radius 1 is 1.25 bits per heavy atom. The summed E-state index contributed by atoms with van der Waals surface area (Å²) in [4.78, 5) is 20.8. The van der Waals surface area contributed by atoms with Gasteiger partial charge >= 0.3 is 0 Å². The second kappa shape index (κ2) is 7.35. The van der Waals surface area contributed by atoms with Crippen molar-refractivity contribution >= 4 is 17.2 Å². The van der Waals surface area contributed by atoms with Gasteiger partial charge in [-0.15, -0.1) is 11.3 Å². The van der Waals surface area contributed by atoms with Gasteiger partial charge in [0.25, 0.3) is 0 Å². The van der Waals surface area contributed by atoms with E-state index in [0.717, 1.165) is 16.3 Å².